The van der Waals surface area contributed by atoms with E-state index < -0.39 is 11.7 Å². The highest BCUT2D eigenvalue weighted by molar-refractivity contribution is 8.27. The second kappa shape index (κ2) is 11.2. The van der Waals surface area contributed by atoms with E-state index in [1.165, 1.54) is 29.2 Å². The lowest BCUT2D eigenvalue weighted by Gasteiger charge is -2.15. The number of amides is 2. The SMILES string of the molecule is CCOC(=O)Cn1cc(/C=C2/SC(=S)N(c3cccc(C(=O)Nc4ccc(F)cc4)c3)C2=O)c2ccccc21. The fourth-order valence-electron chi connectivity index (χ4n) is 4.22. The Bertz CT molecular complexity index is 1650. The summed E-state index contributed by atoms with van der Waals surface area (Å²) in [5.41, 5.74) is 2.83. The van der Waals surface area contributed by atoms with Crippen molar-refractivity contribution in [2.75, 3.05) is 16.8 Å². The van der Waals surface area contributed by atoms with Crippen LogP contribution in [-0.4, -0.2) is 33.3 Å². The maximum atomic E-state index is 13.5. The zero-order chi connectivity index (χ0) is 27.5. The van der Waals surface area contributed by atoms with Gasteiger partial charge in [0.1, 0.15) is 12.4 Å². The van der Waals surface area contributed by atoms with Crippen molar-refractivity contribution in [3.8, 4) is 0 Å². The summed E-state index contributed by atoms with van der Waals surface area (Å²) in [6, 6.07) is 19.6. The van der Waals surface area contributed by atoms with Gasteiger partial charge < -0.3 is 14.6 Å². The second-order valence-electron chi connectivity index (χ2n) is 8.56. The van der Waals surface area contributed by atoms with Crippen molar-refractivity contribution in [2.45, 2.75) is 13.5 Å². The molecule has 0 saturated carbocycles. The first-order chi connectivity index (χ1) is 18.8. The summed E-state index contributed by atoms with van der Waals surface area (Å²) < 4.78 is 20.4. The molecule has 196 valence electrons. The van der Waals surface area contributed by atoms with Crippen molar-refractivity contribution in [1.29, 1.82) is 0 Å². The van der Waals surface area contributed by atoms with Crippen LogP contribution >= 0.6 is 24.0 Å². The van der Waals surface area contributed by atoms with Gasteiger partial charge >= 0.3 is 5.97 Å². The Morgan fingerprint density at radius 2 is 1.85 bits per heavy atom. The van der Waals surface area contributed by atoms with Crippen LogP contribution in [0.15, 0.2) is 83.9 Å². The average molecular weight is 560 g/mol. The van der Waals surface area contributed by atoms with Gasteiger partial charge in [-0.05, 0) is 61.5 Å². The highest BCUT2D eigenvalue weighted by Crippen LogP contribution is 2.37. The van der Waals surface area contributed by atoms with E-state index in [0.29, 0.717) is 32.8 Å². The molecule has 0 radical (unpaired) electrons. The van der Waals surface area contributed by atoms with Crippen LogP contribution in [0.3, 0.4) is 0 Å². The summed E-state index contributed by atoms with van der Waals surface area (Å²) in [6.07, 6.45) is 3.57. The summed E-state index contributed by atoms with van der Waals surface area (Å²) >= 11 is 6.69. The number of rotatable bonds is 7. The predicted molar refractivity (Wildman–Crippen MR) is 155 cm³/mol. The molecule has 1 fully saturated rings. The Morgan fingerprint density at radius 1 is 1.08 bits per heavy atom. The highest BCUT2D eigenvalue weighted by atomic mass is 32.2. The monoisotopic (exact) mass is 559 g/mol. The molecule has 1 aromatic heterocycles. The largest absolute Gasteiger partial charge is 0.465 e. The summed E-state index contributed by atoms with van der Waals surface area (Å²) in [6.45, 7) is 2.10. The number of hydrogen-bond acceptors (Lipinski definition) is 6. The van der Waals surface area contributed by atoms with E-state index in [4.69, 9.17) is 17.0 Å². The van der Waals surface area contributed by atoms with Crippen LogP contribution in [0, 0.1) is 5.82 Å². The third-order valence-electron chi connectivity index (χ3n) is 5.97. The minimum atomic E-state index is -0.404. The Kier molecular flexibility index (Phi) is 7.58. The molecule has 0 atom stereocenters. The van der Waals surface area contributed by atoms with E-state index in [0.717, 1.165) is 28.2 Å². The van der Waals surface area contributed by atoms with E-state index in [1.54, 1.807) is 41.8 Å². The number of nitrogens with zero attached hydrogens (tertiary/aromatic N) is 2. The van der Waals surface area contributed by atoms with E-state index in [9.17, 15) is 18.8 Å². The summed E-state index contributed by atoms with van der Waals surface area (Å²) in [5, 5.41) is 3.60. The van der Waals surface area contributed by atoms with Crippen molar-refractivity contribution in [3.05, 3.63) is 101 Å². The van der Waals surface area contributed by atoms with E-state index >= 15 is 0 Å². The number of benzene rings is 3. The fraction of sp³-hybridized carbons (Fsp3) is 0.103. The van der Waals surface area contributed by atoms with E-state index in [2.05, 4.69) is 5.32 Å². The lowest BCUT2D eigenvalue weighted by Crippen LogP contribution is -2.27. The summed E-state index contributed by atoms with van der Waals surface area (Å²) in [7, 11) is 0. The molecule has 0 bridgehead atoms. The lowest BCUT2D eigenvalue weighted by molar-refractivity contribution is -0.143. The number of esters is 1. The minimum Gasteiger partial charge on any atom is -0.465 e. The first-order valence-electron chi connectivity index (χ1n) is 12.0. The molecule has 7 nitrogen and oxygen atoms in total. The Labute approximate surface area is 233 Å². The number of fused-ring (bicyclic) bond motifs is 1. The molecule has 0 spiro atoms. The number of halogens is 1. The van der Waals surface area contributed by atoms with Gasteiger partial charge in [-0.2, -0.15) is 0 Å². The first-order valence-corrected chi connectivity index (χ1v) is 13.2. The Balaban J connectivity index is 1.40. The summed E-state index contributed by atoms with van der Waals surface area (Å²) in [4.78, 5) is 40.2. The molecule has 3 aromatic carbocycles. The number of para-hydroxylation sites is 1. The molecule has 2 amide bonds. The molecule has 5 rings (SSSR count). The third kappa shape index (κ3) is 5.62. The standard InChI is InChI=1S/C29H22FN3O4S2/c1-2-37-26(34)17-32-16-19(23-8-3-4-9-24(23)32)15-25-28(36)33(29(38)39-25)22-7-5-6-18(14-22)27(35)31-21-12-10-20(30)11-13-21/h3-16H,2,17H2,1H3,(H,31,35)/b25-15+. The van der Waals surface area contributed by atoms with Crippen LogP contribution in [0.5, 0.6) is 0 Å². The van der Waals surface area contributed by atoms with Gasteiger partial charge in [-0.25, -0.2) is 4.39 Å². The van der Waals surface area contributed by atoms with Gasteiger partial charge in [0, 0.05) is 33.9 Å². The molecule has 1 saturated heterocycles. The van der Waals surface area contributed by atoms with Crippen LogP contribution in [0.1, 0.15) is 22.8 Å². The number of anilines is 2. The molecule has 0 unspecified atom stereocenters. The zero-order valence-electron chi connectivity index (χ0n) is 20.7. The molecule has 1 N–H and O–H groups in total. The van der Waals surface area contributed by atoms with E-state index in [1.807, 2.05) is 30.5 Å². The number of thioether (sulfide) groups is 1. The van der Waals surface area contributed by atoms with Crippen LogP contribution in [0.25, 0.3) is 17.0 Å². The number of carbonyl (C=O) groups is 3. The normalized spacial score (nSPS) is 14.3. The van der Waals surface area contributed by atoms with Crippen molar-refractivity contribution in [2.24, 2.45) is 0 Å². The average Bonchev–Trinajstić information content (AvgIpc) is 3.41. The second-order valence-corrected chi connectivity index (χ2v) is 10.2. The molecular weight excluding hydrogens is 537 g/mol. The third-order valence-corrected chi connectivity index (χ3v) is 7.28. The highest BCUT2D eigenvalue weighted by Gasteiger charge is 2.34. The van der Waals surface area contributed by atoms with Crippen molar-refractivity contribution < 1.29 is 23.5 Å². The van der Waals surface area contributed by atoms with Gasteiger partial charge in [-0.1, -0.05) is 48.2 Å². The Morgan fingerprint density at radius 3 is 2.62 bits per heavy atom. The topological polar surface area (TPSA) is 80.6 Å². The van der Waals surface area contributed by atoms with Gasteiger partial charge in [0.2, 0.25) is 0 Å². The number of thiocarbonyl (C=S) groups is 1. The van der Waals surface area contributed by atoms with Gasteiger partial charge in [-0.3, -0.25) is 19.3 Å². The van der Waals surface area contributed by atoms with Gasteiger partial charge in [0.15, 0.2) is 4.32 Å². The van der Waals surface area contributed by atoms with Crippen molar-refractivity contribution >= 4 is 74.4 Å². The molecule has 0 aliphatic carbocycles. The lowest BCUT2D eigenvalue weighted by atomic mass is 10.1. The van der Waals surface area contributed by atoms with Gasteiger partial charge in [-0.15, -0.1) is 0 Å². The smallest absolute Gasteiger partial charge is 0.325 e. The first kappa shape index (κ1) is 26.3. The Hall–Kier alpha value is -4.28. The summed E-state index contributed by atoms with van der Waals surface area (Å²) in [5.74, 6) is -1.47. The molecule has 1 aliphatic heterocycles. The van der Waals surface area contributed by atoms with Crippen molar-refractivity contribution in [1.82, 2.24) is 4.57 Å². The van der Waals surface area contributed by atoms with E-state index in [-0.39, 0.29) is 18.4 Å². The van der Waals surface area contributed by atoms with Gasteiger partial charge in [0.05, 0.1) is 17.2 Å². The quantitative estimate of drug-likeness (QED) is 0.170. The van der Waals surface area contributed by atoms with Gasteiger partial charge in [0.25, 0.3) is 11.8 Å². The number of carbonyl (C=O) groups excluding carboxylic acids is 3. The number of nitrogens with one attached hydrogen (secondary N) is 1. The van der Waals surface area contributed by atoms with Crippen LogP contribution < -0.4 is 10.2 Å². The maximum Gasteiger partial charge on any atom is 0.325 e. The van der Waals surface area contributed by atoms with Crippen LogP contribution in [0.4, 0.5) is 15.8 Å². The molecule has 1 aliphatic rings. The van der Waals surface area contributed by atoms with Crippen molar-refractivity contribution in [3.63, 3.8) is 0 Å². The molecule has 39 heavy (non-hydrogen) atoms. The number of aromatic nitrogens is 1. The van der Waals surface area contributed by atoms with Crippen LogP contribution in [-0.2, 0) is 20.9 Å². The molecule has 10 heteroatoms. The number of ether oxygens (including phenoxy) is 1. The van der Waals surface area contributed by atoms with Crippen LogP contribution in [0.2, 0.25) is 0 Å². The minimum absolute atomic E-state index is 0.0515. The molecule has 4 aromatic rings. The maximum absolute atomic E-state index is 13.5. The zero-order valence-corrected chi connectivity index (χ0v) is 22.4. The fourth-order valence-corrected chi connectivity index (χ4v) is 5.51. The molecule has 2 heterocycles. The molecular formula is C29H22FN3O4S2. The predicted octanol–water partition coefficient (Wildman–Crippen LogP) is 6.00. The number of hydrogen-bond donors (Lipinski definition) is 1.